The Balaban J connectivity index is 2.65. The van der Waals surface area contributed by atoms with E-state index in [0.29, 0.717) is 19.6 Å². The van der Waals surface area contributed by atoms with E-state index in [2.05, 4.69) is 4.90 Å². The fraction of sp³-hybridized carbons (Fsp3) is 0.889. The number of hydrogen-bond donors (Lipinski definition) is 1. The third kappa shape index (κ3) is 3.43. The summed E-state index contributed by atoms with van der Waals surface area (Å²) < 4.78 is 25.1. The number of hydrogen-bond acceptors (Lipinski definition) is 4. The minimum absolute atomic E-state index is 0.0856. The number of carboxylic acids is 1. The Labute approximate surface area is 95.9 Å². The van der Waals surface area contributed by atoms with Crippen molar-refractivity contribution in [2.24, 2.45) is 0 Å². The summed E-state index contributed by atoms with van der Waals surface area (Å²) in [7, 11) is -1.48. The molecule has 0 aliphatic carbocycles. The lowest BCUT2D eigenvalue weighted by atomic mass is 10.2. The van der Waals surface area contributed by atoms with E-state index in [9.17, 15) is 13.2 Å². The lowest BCUT2D eigenvalue weighted by Gasteiger charge is -2.37. The molecule has 6 nitrogen and oxygen atoms in total. The van der Waals surface area contributed by atoms with Crippen molar-refractivity contribution in [2.75, 3.05) is 32.4 Å². The first-order chi connectivity index (χ1) is 7.33. The molecule has 0 aromatic carbocycles. The molecule has 1 unspecified atom stereocenters. The molecule has 0 bridgehead atoms. The second-order valence-electron chi connectivity index (χ2n) is 4.18. The summed E-state index contributed by atoms with van der Waals surface area (Å²) in [5.41, 5.74) is 0. The molecule has 1 N–H and O–H groups in total. The predicted molar refractivity (Wildman–Crippen MR) is 59.7 cm³/mol. The highest BCUT2D eigenvalue weighted by molar-refractivity contribution is 7.89. The van der Waals surface area contributed by atoms with E-state index in [4.69, 9.17) is 5.11 Å². The summed E-state index contributed by atoms with van der Waals surface area (Å²) in [4.78, 5) is 12.4. The summed E-state index contributed by atoms with van der Waals surface area (Å²) in [6, 6.07) is -0.0856. The first-order valence-electron chi connectivity index (χ1n) is 5.23. The number of likely N-dealkylation sites (N-methyl/N-ethyl adjacent to an activating group) is 1. The van der Waals surface area contributed by atoms with E-state index in [-0.39, 0.29) is 18.2 Å². The lowest BCUT2D eigenvalue weighted by molar-refractivity contribution is -0.136. The van der Waals surface area contributed by atoms with Gasteiger partial charge in [0.2, 0.25) is 10.0 Å². The Morgan fingerprint density at radius 2 is 2.06 bits per heavy atom. The molecular formula is C9H18N2O4S. The van der Waals surface area contributed by atoms with Crippen LogP contribution in [0, 0.1) is 0 Å². The van der Waals surface area contributed by atoms with Gasteiger partial charge in [-0.3, -0.25) is 4.79 Å². The zero-order valence-corrected chi connectivity index (χ0v) is 10.4. The van der Waals surface area contributed by atoms with Gasteiger partial charge in [0.15, 0.2) is 0 Å². The van der Waals surface area contributed by atoms with E-state index in [1.807, 2.05) is 14.0 Å². The number of nitrogens with zero attached hydrogens (tertiary/aromatic N) is 2. The summed E-state index contributed by atoms with van der Waals surface area (Å²) >= 11 is 0. The number of rotatable bonds is 4. The first kappa shape index (κ1) is 13.4. The molecular weight excluding hydrogens is 232 g/mol. The van der Waals surface area contributed by atoms with Gasteiger partial charge >= 0.3 is 5.97 Å². The SMILES string of the molecule is CC1CN(C)CCN1S(=O)(=O)CCC(=O)O. The van der Waals surface area contributed by atoms with Gasteiger partial charge in [0.1, 0.15) is 0 Å². The normalized spacial score (nSPS) is 24.5. The van der Waals surface area contributed by atoms with E-state index < -0.39 is 16.0 Å². The summed E-state index contributed by atoms with van der Waals surface area (Å²) in [5.74, 6) is -1.39. The van der Waals surface area contributed by atoms with Crippen LogP contribution in [0.15, 0.2) is 0 Å². The highest BCUT2D eigenvalue weighted by Gasteiger charge is 2.31. The second-order valence-corrected chi connectivity index (χ2v) is 6.22. The molecule has 16 heavy (non-hydrogen) atoms. The number of piperazine rings is 1. The molecule has 0 radical (unpaired) electrons. The third-order valence-electron chi connectivity index (χ3n) is 2.70. The van der Waals surface area contributed by atoms with Crippen LogP contribution in [0.25, 0.3) is 0 Å². The van der Waals surface area contributed by atoms with Crippen LogP contribution in [0.1, 0.15) is 13.3 Å². The van der Waals surface area contributed by atoms with Crippen molar-refractivity contribution in [3.05, 3.63) is 0 Å². The van der Waals surface area contributed by atoms with Crippen LogP contribution in [-0.2, 0) is 14.8 Å². The van der Waals surface area contributed by atoms with Gasteiger partial charge in [-0.1, -0.05) is 0 Å². The molecule has 1 rings (SSSR count). The van der Waals surface area contributed by atoms with Crippen LogP contribution in [0.4, 0.5) is 0 Å². The molecule has 1 heterocycles. The van der Waals surface area contributed by atoms with Gasteiger partial charge in [0.25, 0.3) is 0 Å². The van der Waals surface area contributed by atoms with Gasteiger partial charge in [-0.25, -0.2) is 8.42 Å². The Morgan fingerprint density at radius 1 is 1.44 bits per heavy atom. The molecule has 1 aliphatic heterocycles. The van der Waals surface area contributed by atoms with Gasteiger partial charge in [0.05, 0.1) is 12.2 Å². The zero-order chi connectivity index (χ0) is 12.3. The van der Waals surface area contributed by atoms with Crippen molar-refractivity contribution in [1.29, 1.82) is 0 Å². The Bertz CT molecular complexity index is 355. The maximum Gasteiger partial charge on any atom is 0.304 e. The van der Waals surface area contributed by atoms with Gasteiger partial charge in [-0.05, 0) is 14.0 Å². The lowest BCUT2D eigenvalue weighted by Crippen LogP contribution is -2.53. The van der Waals surface area contributed by atoms with Gasteiger partial charge in [-0.2, -0.15) is 4.31 Å². The molecule has 1 aliphatic rings. The summed E-state index contributed by atoms with van der Waals surface area (Å²) in [6.45, 7) is 3.66. The van der Waals surface area contributed by atoms with E-state index >= 15 is 0 Å². The van der Waals surface area contributed by atoms with Gasteiger partial charge < -0.3 is 10.0 Å². The van der Waals surface area contributed by atoms with Crippen LogP contribution in [-0.4, -0.2) is 67.2 Å². The minimum Gasteiger partial charge on any atom is -0.481 e. The van der Waals surface area contributed by atoms with Crippen LogP contribution in [0.3, 0.4) is 0 Å². The van der Waals surface area contributed by atoms with Crippen LogP contribution < -0.4 is 0 Å². The second kappa shape index (κ2) is 5.11. The van der Waals surface area contributed by atoms with Crippen LogP contribution in [0.5, 0.6) is 0 Å². The molecule has 0 aromatic rings. The molecule has 1 fully saturated rings. The predicted octanol–water partition coefficient (Wildman–Crippen LogP) is -0.573. The van der Waals surface area contributed by atoms with Gasteiger partial charge in [-0.15, -0.1) is 0 Å². The molecule has 0 saturated carbocycles. The molecule has 0 amide bonds. The molecule has 94 valence electrons. The smallest absolute Gasteiger partial charge is 0.304 e. The first-order valence-corrected chi connectivity index (χ1v) is 6.83. The standard InChI is InChI=1S/C9H18N2O4S/c1-8-7-10(2)4-5-11(8)16(14,15)6-3-9(12)13/h8H,3-7H2,1-2H3,(H,12,13). The number of carboxylic acid groups (broad SMARTS) is 1. The van der Waals surface area contributed by atoms with Crippen molar-refractivity contribution in [3.63, 3.8) is 0 Å². The highest BCUT2D eigenvalue weighted by atomic mass is 32.2. The zero-order valence-electron chi connectivity index (χ0n) is 9.59. The maximum atomic E-state index is 11.9. The monoisotopic (exact) mass is 250 g/mol. The maximum absolute atomic E-state index is 11.9. The fourth-order valence-electron chi connectivity index (χ4n) is 1.87. The average molecular weight is 250 g/mol. The van der Waals surface area contributed by atoms with E-state index in [1.54, 1.807) is 0 Å². The average Bonchev–Trinajstić information content (AvgIpc) is 2.14. The van der Waals surface area contributed by atoms with Crippen LogP contribution >= 0.6 is 0 Å². The topological polar surface area (TPSA) is 77.9 Å². The van der Waals surface area contributed by atoms with Crippen LogP contribution in [0.2, 0.25) is 0 Å². The number of carbonyl (C=O) groups is 1. The Kier molecular flexibility index (Phi) is 4.28. The Hall–Kier alpha value is -0.660. The van der Waals surface area contributed by atoms with E-state index in [0.717, 1.165) is 0 Å². The molecule has 0 aromatic heterocycles. The van der Waals surface area contributed by atoms with Crippen molar-refractivity contribution in [2.45, 2.75) is 19.4 Å². The fourth-order valence-corrected chi connectivity index (χ4v) is 3.51. The number of aliphatic carboxylic acids is 1. The van der Waals surface area contributed by atoms with Crippen molar-refractivity contribution < 1.29 is 18.3 Å². The number of sulfonamides is 1. The third-order valence-corrected chi connectivity index (χ3v) is 4.68. The van der Waals surface area contributed by atoms with Crippen molar-refractivity contribution >= 4 is 16.0 Å². The van der Waals surface area contributed by atoms with Crippen molar-refractivity contribution in [3.8, 4) is 0 Å². The minimum atomic E-state index is -3.43. The highest BCUT2D eigenvalue weighted by Crippen LogP contribution is 2.14. The van der Waals surface area contributed by atoms with Gasteiger partial charge in [0, 0.05) is 25.7 Å². The molecule has 1 saturated heterocycles. The van der Waals surface area contributed by atoms with E-state index in [1.165, 1.54) is 4.31 Å². The molecule has 7 heteroatoms. The summed E-state index contributed by atoms with van der Waals surface area (Å²) in [6.07, 6.45) is -0.332. The quantitative estimate of drug-likeness (QED) is 0.722. The van der Waals surface area contributed by atoms with Crippen molar-refractivity contribution in [1.82, 2.24) is 9.21 Å². The Morgan fingerprint density at radius 3 is 2.56 bits per heavy atom. The largest absolute Gasteiger partial charge is 0.481 e. The molecule has 0 spiro atoms. The summed E-state index contributed by atoms with van der Waals surface area (Å²) in [5, 5.41) is 8.49. The molecule has 1 atom stereocenters.